The second-order valence-electron chi connectivity index (χ2n) is 6.29. The summed E-state index contributed by atoms with van der Waals surface area (Å²) in [6.07, 6.45) is 1.83. The summed E-state index contributed by atoms with van der Waals surface area (Å²) in [5.74, 6) is -0.503. The van der Waals surface area contributed by atoms with Crippen LogP contribution >= 0.6 is 0 Å². The number of ether oxygens (including phenoxy) is 1. The van der Waals surface area contributed by atoms with Crippen LogP contribution in [0.1, 0.15) is 5.56 Å². The van der Waals surface area contributed by atoms with E-state index in [0.29, 0.717) is 12.1 Å². The standard InChI is InChI=1S/C23H22N2O3/c1-2-15-28-22(26)21(16-17-9-4-3-5-10-17)25-23(27)24-20-14-8-12-18-11-6-7-13-19(18)20/h2-14,21H,1,15-16H2,(H2,24,25,27). The number of hydrogen-bond acceptors (Lipinski definition) is 3. The molecule has 3 rings (SSSR count). The molecule has 0 aliphatic carbocycles. The predicted molar refractivity (Wildman–Crippen MR) is 111 cm³/mol. The number of benzene rings is 3. The Labute approximate surface area is 164 Å². The lowest BCUT2D eigenvalue weighted by Gasteiger charge is -2.18. The number of amides is 2. The molecule has 2 amide bonds. The van der Waals surface area contributed by atoms with Gasteiger partial charge in [0.2, 0.25) is 0 Å². The van der Waals surface area contributed by atoms with Crippen molar-refractivity contribution in [2.75, 3.05) is 11.9 Å². The Hall–Kier alpha value is -3.60. The third-order valence-corrected chi connectivity index (χ3v) is 4.25. The molecule has 5 nitrogen and oxygen atoms in total. The zero-order valence-electron chi connectivity index (χ0n) is 15.4. The van der Waals surface area contributed by atoms with Crippen LogP contribution in [0.2, 0.25) is 0 Å². The molecule has 28 heavy (non-hydrogen) atoms. The highest BCUT2D eigenvalue weighted by atomic mass is 16.5. The van der Waals surface area contributed by atoms with E-state index in [2.05, 4.69) is 17.2 Å². The maximum Gasteiger partial charge on any atom is 0.329 e. The summed E-state index contributed by atoms with van der Waals surface area (Å²) in [4.78, 5) is 25.0. The van der Waals surface area contributed by atoms with E-state index in [-0.39, 0.29) is 6.61 Å². The second kappa shape index (κ2) is 9.37. The number of urea groups is 1. The molecule has 0 saturated carbocycles. The van der Waals surface area contributed by atoms with E-state index in [9.17, 15) is 9.59 Å². The van der Waals surface area contributed by atoms with Crippen molar-refractivity contribution < 1.29 is 14.3 Å². The number of anilines is 1. The van der Waals surface area contributed by atoms with Crippen LogP contribution in [0, 0.1) is 0 Å². The van der Waals surface area contributed by atoms with Gasteiger partial charge in [-0.25, -0.2) is 9.59 Å². The van der Waals surface area contributed by atoms with Gasteiger partial charge in [0.1, 0.15) is 12.6 Å². The van der Waals surface area contributed by atoms with Crippen molar-refractivity contribution in [3.8, 4) is 0 Å². The Bertz CT molecular complexity index is 965. The number of nitrogens with one attached hydrogen (secondary N) is 2. The number of rotatable bonds is 7. The number of carbonyl (C=O) groups excluding carboxylic acids is 2. The van der Waals surface area contributed by atoms with Gasteiger partial charge in [0.15, 0.2) is 0 Å². The van der Waals surface area contributed by atoms with Gasteiger partial charge in [-0.3, -0.25) is 0 Å². The monoisotopic (exact) mass is 374 g/mol. The van der Waals surface area contributed by atoms with Gasteiger partial charge >= 0.3 is 12.0 Å². The highest BCUT2D eigenvalue weighted by molar-refractivity contribution is 6.02. The van der Waals surface area contributed by atoms with Crippen LogP contribution in [0.25, 0.3) is 10.8 Å². The van der Waals surface area contributed by atoms with Crippen LogP contribution in [0.4, 0.5) is 10.5 Å². The van der Waals surface area contributed by atoms with Gasteiger partial charge < -0.3 is 15.4 Å². The summed E-state index contributed by atoms with van der Waals surface area (Å²) < 4.78 is 5.15. The molecular weight excluding hydrogens is 352 g/mol. The Kier molecular flexibility index (Phi) is 6.41. The van der Waals surface area contributed by atoms with Gasteiger partial charge in [-0.1, -0.05) is 79.4 Å². The van der Waals surface area contributed by atoms with Crippen molar-refractivity contribution in [3.63, 3.8) is 0 Å². The molecule has 0 spiro atoms. The van der Waals surface area contributed by atoms with E-state index in [1.165, 1.54) is 6.08 Å². The highest BCUT2D eigenvalue weighted by Gasteiger charge is 2.23. The van der Waals surface area contributed by atoms with Crippen LogP contribution in [-0.2, 0) is 16.0 Å². The SMILES string of the molecule is C=CCOC(=O)C(Cc1ccccc1)NC(=O)Nc1cccc2ccccc12. The fourth-order valence-electron chi connectivity index (χ4n) is 2.94. The molecule has 0 fully saturated rings. The average molecular weight is 374 g/mol. The fraction of sp³-hybridized carbons (Fsp3) is 0.130. The normalized spacial score (nSPS) is 11.4. The number of fused-ring (bicyclic) bond motifs is 1. The summed E-state index contributed by atoms with van der Waals surface area (Å²) in [5.41, 5.74) is 1.60. The van der Waals surface area contributed by atoms with E-state index < -0.39 is 18.0 Å². The van der Waals surface area contributed by atoms with Crippen LogP contribution < -0.4 is 10.6 Å². The molecule has 3 aromatic carbocycles. The Balaban J connectivity index is 1.74. The third-order valence-electron chi connectivity index (χ3n) is 4.25. The number of esters is 1. The molecule has 1 unspecified atom stereocenters. The van der Waals surface area contributed by atoms with Crippen molar-refractivity contribution in [1.29, 1.82) is 0 Å². The maximum atomic E-state index is 12.6. The van der Waals surface area contributed by atoms with E-state index >= 15 is 0 Å². The topological polar surface area (TPSA) is 67.4 Å². The Morgan fingerprint density at radius 3 is 2.46 bits per heavy atom. The summed E-state index contributed by atoms with van der Waals surface area (Å²) in [7, 11) is 0. The first kappa shape index (κ1) is 19.2. The first-order valence-electron chi connectivity index (χ1n) is 9.04. The second-order valence-corrected chi connectivity index (χ2v) is 6.29. The first-order chi connectivity index (χ1) is 13.7. The molecule has 142 valence electrons. The number of carbonyl (C=O) groups is 2. The molecule has 5 heteroatoms. The van der Waals surface area contributed by atoms with E-state index in [1.807, 2.05) is 72.8 Å². The third kappa shape index (κ3) is 4.98. The van der Waals surface area contributed by atoms with Crippen LogP contribution in [0.3, 0.4) is 0 Å². The minimum atomic E-state index is -0.808. The zero-order chi connectivity index (χ0) is 19.8. The van der Waals surface area contributed by atoms with Gasteiger partial charge in [-0.2, -0.15) is 0 Å². The Morgan fingerprint density at radius 1 is 0.964 bits per heavy atom. The summed E-state index contributed by atoms with van der Waals surface area (Å²) in [6, 6.07) is 21.6. The lowest BCUT2D eigenvalue weighted by atomic mass is 10.1. The molecule has 0 aromatic heterocycles. The number of hydrogen-bond donors (Lipinski definition) is 2. The van der Waals surface area contributed by atoms with E-state index in [1.54, 1.807) is 0 Å². The largest absolute Gasteiger partial charge is 0.460 e. The van der Waals surface area contributed by atoms with Gasteiger partial charge in [0.05, 0.1) is 5.69 Å². The van der Waals surface area contributed by atoms with Crippen LogP contribution in [0.5, 0.6) is 0 Å². The van der Waals surface area contributed by atoms with Crippen molar-refractivity contribution >= 4 is 28.5 Å². The molecule has 0 bridgehead atoms. The van der Waals surface area contributed by atoms with Gasteiger partial charge in [-0.05, 0) is 17.0 Å². The summed E-state index contributed by atoms with van der Waals surface area (Å²) in [6.45, 7) is 3.64. The molecular formula is C23H22N2O3. The zero-order valence-corrected chi connectivity index (χ0v) is 15.4. The van der Waals surface area contributed by atoms with Gasteiger partial charge in [-0.15, -0.1) is 0 Å². The summed E-state index contributed by atoms with van der Waals surface area (Å²) >= 11 is 0. The maximum absolute atomic E-state index is 12.6. The molecule has 3 aromatic rings. The molecule has 0 saturated heterocycles. The quantitative estimate of drug-likeness (QED) is 0.479. The van der Waals surface area contributed by atoms with Gasteiger partial charge in [0.25, 0.3) is 0 Å². The van der Waals surface area contributed by atoms with E-state index in [4.69, 9.17) is 4.74 Å². The molecule has 0 radical (unpaired) electrons. The lowest BCUT2D eigenvalue weighted by molar-refractivity contribution is -0.144. The van der Waals surface area contributed by atoms with Crippen molar-refractivity contribution in [1.82, 2.24) is 5.32 Å². The van der Waals surface area contributed by atoms with Crippen LogP contribution in [-0.4, -0.2) is 24.6 Å². The minimum absolute atomic E-state index is 0.0940. The Morgan fingerprint density at radius 2 is 1.68 bits per heavy atom. The average Bonchev–Trinajstić information content (AvgIpc) is 2.72. The minimum Gasteiger partial charge on any atom is -0.460 e. The van der Waals surface area contributed by atoms with Crippen molar-refractivity contribution in [2.24, 2.45) is 0 Å². The molecule has 2 N–H and O–H groups in total. The van der Waals surface area contributed by atoms with Gasteiger partial charge in [0, 0.05) is 11.8 Å². The molecule has 1 atom stereocenters. The molecule has 0 aliphatic rings. The van der Waals surface area contributed by atoms with Crippen LogP contribution in [0.15, 0.2) is 85.5 Å². The lowest BCUT2D eigenvalue weighted by Crippen LogP contribution is -2.45. The van der Waals surface area contributed by atoms with Crippen molar-refractivity contribution in [3.05, 3.63) is 91.0 Å². The van der Waals surface area contributed by atoms with E-state index in [0.717, 1.165) is 16.3 Å². The van der Waals surface area contributed by atoms with Crippen molar-refractivity contribution in [2.45, 2.75) is 12.5 Å². The highest BCUT2D eigenvalue weighted by Crippen LogP contribution is 2.22. The fourth-order valence-corrected chi connectivity index (χ4v) is 2.94. The first-order valence-corrected chi connectivity index (χ1v) is 9.04. The molecule has 0 heterocycles. The molecule has 0 aliphatic heterocycles. The summed E-state index contributed by atoms with van der Waals surface area (Å²) in [5, 5.41) is 7.51. The smallest absolute Gasteiger partial charge is 0.329 e. The predicted octanol–water partition coefficient (Wildman–Crippen LogP) is 4.30.